The minimum atomic E-state index is -0.566. The Balaban J connectivity index is 1.65. The van der Waals surface area contributed by atoms with E-state index in [1.807, 2.05) is 13.8 Å². The summed E-state index contributed by atoms with van der Waals surface area (Å²) in [4.78, 5) is 36.4. The molecular formula is C17H17BrN2O5. The number of carbonyl (C=O) groups is 2. The van der Waals surface area contributed by atoms with Crippen LogP contribution in [0.25, 0.3) is 0 Å². The summed E-state index contributed by atoms with van der Waals surface area (Å²) in [5.74, 6) is -0.447. The molecule has 2 aliphatic heterocycles. The lowest BCUT2D eigenvalue weighted by Crippen LogP contribution is -2.60. The van der Waals surface area contributed by atoms with Crippen molar-refractivity contribution in [2.45, 2.75) is 32.9 Å². The van der Waals surface area contributed by atoms with Gasteiger partial charge in [0.15, 0.2) is 0 Å². The number of hydrogen-bond donors (Lipinski definition) is 0. The van der Waals surface area contributed by atoms with Crippen LogP contribution in [0.4, 0.5) is 5.69 Å². The van der Waals surface area contributed by atoms with E-state index in [1.165, 1.54) is 29.2 Å². The van der Waals surface area contributed by atoms with Crippen LogP contribution in [0, 0.1) is 22.0 Å². The van der Waals surface area contributed by atoms with E-state index in [-0.39, 0.29) is 41.8 Å². The Morgan fingerprint density at radius 2 is 2.04 bits per heavy atom. The second-order valence-electron chi connectivity index (χ2n) is 6.50. The zero-order valence-corrected chi connectivity index (χ0v) is 15.4. The quantitative estimate of drug-likeness (QED) is 0.323. The average molecular weight is 409 g/mol. The topological polar surface area (TPSA) is 89.8 Å². The molecule has 0 aliphatic carbocycles. The standard InChI is InChI=1S/C17H17BrN2O5/c1-9(2)14-13-7-12(18)15(19(13)16(14)21)17(22)25-8-10-3-5-11(6-4-10)20(23)24/h3-6,9,13-14H,7-8H2,1-2H3. The highest BCUT2D eigenvalue weighted by Crippen LogP contribution is 2.47. The summed E-state index contributed by atoms with van der Waals surface area (Å²) >= 11 is 3.39. The summed E-state index contributed by atoms with van der Waals surface area (Å²) in [5, 5.41) is 10.6. The summed E-state index contributed by atoms with van der Waals surface area (Å²) in [6.45, 7) is 3.98. The van der Waals surface area contributed by atoms with E-state index in [0.29, 0.717) is 16.5 Å². The number of benzene rings is 1. The molecule has 0 spiro atoms. The fourth-order valence-corrected chi connectivity index (χ4v) is 4.03. The molecule has 1 aromatic rings. The molecule has 2 unspecified atom stereocenters. The Bertz CT molecular complexity index is 772. The maximum Gasteiger partial charge on any atom is 0.356 e. The summed E-state index contributed by atoms with van der Waals surface area (Å²) in [5.41, 5.74) is 0.888. The number of amides is 1. The number of esters is 1. The van der Waals surface area contributed by atoms with Gasteiger partial charge in [-0.2, -0.15) is 0 Å². The van der Waals surface area contributed by atoms with Crippen LogP contribution in [0.1, 0.15) is 25.8 Å². The number of nitro groups is 1. The minimum absolute atomic E-state index is 0.0130. The zero-order valence-electron chi connectivity index (χ0n) is 13.8. The third-order valence-electron chi connectivity index (χ3n) is 4.58. The van der Waals surface area contributed by atoms with Crippen molar-refractivity contribution >= 4 is 33.5 Å². The highest BCUT2D eigenvalue weighted by molar-refractivity contribution is 9.11. The van der Waals surface area contributed by atoms with Crippen LogP contribution in [-0.4, -0.2) is 27.7 Å². The monoisotopic (exact) mass is 408 g/mol. The number of non-ortho nitro benzene ring substituents is 1. The van der Waals surface area contributed by atoms with E-state index in [2.05, 4.69) is 15.9 Å². The predicted molar refractivity (Wildman–Crippen MR) is 92.4 cm³/mol. The number of hydrogen-bond acceptors (Lipinski definition) is 5. The van der Waals surface area contributed by atoms with Crippen molar-refractivity contribution < 1.29 is 19.2 Å². The lowest BCUT2D eigenvalue weighted by Gasteiger charge is -2.45. The summed E-state index contributed by atoms with van der Waals surface area (Å²) in [6.07, 6.45) is 0.622. The van der Waals surface area contributed by atoms with E-state index in [0.717, 1.165) is 0 Å². The van der Waals surface area contributed by atoms with Crippen LogP contribution in [0.15, 0.2) is 34.4 Å². The van der Waals surface area contributed by atoms with Crippen molar-refractivity contribution in [1.29, 1.82) is 0 Å². The highest BCUT2D eigenvalue weighted by Gasteiger charge is 2.55. The molecule has 0 bridgehead atoms. The third-order valence-corrected chi connectivity index (χ3v) is 5.28. The maximum atomic E-state index is 12.4. The smallest absolute Gasteiger partial charge is 0.356 e. The number of nitrogens with zero attached hydrogens (tertiary/aromatic N) is 2. The molecule has 0 aromatic heterocycles. The highest BCUT2D eigenvalue weighted by atomic mass is 79.9. The van der Waals surface area contributed by atoms with Crippen molar-refractivity contribution in [1.82, 2.24) is 4.90 Å². The Hall–Kier alpha value is -2.22. The summed E-state index contributed by atoms with van der Waals surface area (Å²) in [6, 6.07) is 5.81. The van der Waals surface area contributed by atoms with Gasteiger partial charge in [-0.05, 0) is 23.6 Å². The van der Waals surface area contributed by atoms with Gasteiger partial charge in [0.1, 0.15) is 12.3 Å². The van der Waals surface area contributed by atoms with E-state index in [4.69, 9.17) is 4.74 Å². The first kappa shape index (κ1) is 17.6. The number of carbonyl (C=O) groups excluding carboxylic acids is 2. The van der Waals surface area contributed by atoms with Crippen LogP contribution in [0.5, 0.6) is 0 Å². The van der Waals surface area contributed by atoms with Crippen LogP contribution in [-0.2, 0) is 20.9 Å². The molecule has 1 fully saturated rings. The van der Waals surface area contributed by atoms with E-state index < -0.39 is 10.9 Å². The van der Waals surface area contributed by atoms with Crippen molar-refractivity contribution in [2.24, 2.45) is 11.8 Å². The normalized spacial score (nSPS) is 22.1. The van der Waals surface area contributed by atoms with Gasteiger partial charge >= 0.3 is 5.97 Å². The van der Waals surface area contributed by atoms with Gasteiger partial charge in [-0.15, -0.1) is 0 Å². The van der Waals surface area contributed by atoms with Gasteiger partial charge in [-0.1, -0.05) is 29.8 Å². The Morgan fingerprint density at radius 1 is 1.40 bits per heavy atom. The number of rotatable bonds is 5. The molecule has 7 nitrogen and oxygen atoms in total. The van der Waals surface area contributed by atoms with Gasteiger partial charge in [0.25, 0.3) is 5.69 Å². The Morgan fingerprint density at radius 3 is 2.60 bits per heavy atom. The molecule has 8 heteroatoms. The number of β-lactam (4-membered cyclic amide) rings is 1. The first-order chi connectivity index (χ1) is 11.8. The molecule has 0 saturated carbocycles. The van der Waals surface area contributed by atoms with Crippen molar-refractivity contribution in [3.63, 3.8) is 0 Å². The first-order valence-electron chi connectivity index (χ1n) is 7.93. The van der Waals surface area contributed by atoms with Gasteiger partial charge in [0.05, 0.1) is 16.9 Å². The Kier molecular flexibility index (Phi) is 4.64. The molecule has 2 aliphatic rings. The number of halogens is 1. The van der Waals surface area contributed by atoms with Gasteiger partial charge in [0, 0.05) is 23.0 Å². The molecule has 2 heterocycles. The molecule has 1 saturated heterocycles. The van der Waals surface area contributed by atoms with Crippen LogP contribution >= 0.6 is 15.9 Å². The third kappa shape index (κ3) is 3.06. The summed E-state index contributed by atoms with van der Waals surface area (Å²) < 4.78 is 5.97. The molecule has 132 valence electrons. The maximum absolute atomic E-state index is 12.4. The van der Waals surface area contributed by atoms with Crippen molar-refractivity contribution in [2.75, 3.05) is 0 Å². The van der Waals surface area contributed by atoms with Gasteiger partial charge in [-0.25, -0.2) is 4.79 Å². The minimum Gasteiger partial charge on any atom is -0.456 e. The van der Waals surface area contributed by atoms with Crippen LogP contribution < -0.4 is 0 Å². The lowest BCUT2D eigenvalue weighted by molar-refractivity contribution is -0.384. The van der Waals surface area contributed by atoms with E-state index in [9.17, 15) is 19.7 Å². The van der Waals surface area contributed by atoms with Gasteiger partial charge in [0.2, 0.25) is 5.91 Å². The zero-order chi connectivity index (χ0) is 18.3. The second kappa shape index (κ2) is 6.59. The molecule has 1 aromatic carbocycles. The van der Waals surface area contributed by atoms with Gasteiger partial charge in [-0.3, -0.25) is 14.9 Å². The largest absolute Gasteiger partial charge is 0.456 e. The van der Waals surface area contributed by atoms with Crippen LogP contribution in [0.3, 0.4) is 0 Å². The number of fused-ring (bicyclic) bond motifs is 1. The fourth-order valence-electron chi connectivity index (χ4n) is 3.34. The summed E-state index contributed by atoms with van der Waals surface area (Å²) in [7, 11) is 0. The average Bonchev–Trinajstić information content (AvgIpc) is 2.85. The number of ether oxygens (including phenoxy) is 1. The molecule has 1 amide bonds. The molecule has 0 N–H and O–H groups in total. The first-order valence-corrected chi connectivity index (χ1v) is 8.72. The van der Waals surface area contributed by atoms with E-state index >= 15 is 0 Å². The predicted octanol–water partition coefficient (Wildman–Crippen LogP) is 3.13. The lowest BCUT2D eigenvalue weighted by atomic mass is 9.79. The second-order valence-corrected chi connectivity index (χ2v) is 7.46. The SMILES string of the molecule is CC(C)C1C(=O)N2C(C(=O)OCc3ccc([N+](=O)[O-])cc3)=C(Br)CC12. The fraction of sp³-hybridized carbons (Fsp3) is 0.412. The van der Waals surface area contributed by atoms with Crippen molar-refractivity contribution in [3.8, 4) is 0 Å². The Labute approximate surface area is 152 Å². The van der Waals surface area contributed by atoms with Crippen molar-refractivity contribution in [3.05, 3.63) is 50.1 Å². The molecule has 25 heavy (non-hydrogen) atoms. The molecule has 0 radical (unpaired) electrons. The molecule has 2 atom stereocenters. The van der Waals surface area contributed by atoms with Gasteiger partial charge < -0.3 is 9.64 Å². The van der Waals surface area contributed by atoms with E-state index in [1.54, 1.807) is 0 Å². The molecular weight excluding hydrogens is 392 g/mol. The molecule has 3 rings (SSSR count). The number of nitro benzene ring substituents is 1. The van der Waals surface area contributed by atoms with Crippen LogP contribution in [0.2, 0.25) is 0 Å².